The van der Waals surface area contributed by atoms with Crippen LogP contribution in [0.3, 0.4) is 0 Å². The Kier molecular flexibility index (Phi) is 7.33. The summed E-state index contributed by atoms with van der Waals surface area (Å²) in [5.74, 6) is 1.28. The molecule has 0 amide bonds. The van der Waals surface area contributed by atoms with Crippen molar-refractivity contribution < 1.29 is 13.6 Å². The van der Waals surface area contributed by atoms with E-state index in [2.05, 4.69) is 20.8 Å². The molecule has 24 heavy (non-hydrogen) atoms. The molecule has 0 spiro atoms. The average Bonchev–Trinajstić information content (AvgIpc) is 2.57. The molecule has 1 unspecified atom stereocenters. The Morgan fingerprint density at radius 2 is 1.79 bits per heavy atom. The van der Waals surface area contributed by atoms with Gasteiger partial charge in [-0.3, -0.25) is 4.52 Å². The fourth-order valence-electron chi connectivity index (χ4n) is 2.61. The highest BCUT2D eigenvalue weighted by atomic mass is 31.2. The normalized spacial score (nSPS) is 14.0. The Bertz CT molecular complexity index is 676. The van der Waals surface area contributed by atoms with Crippen LogP contribution < -0.4 is 4.52 Å². The lowest BCUT2D eigenvalue weighted by atomic mass is 10.1. The Labute approximate surface area is 145 Å². The molecule has 0 fully saturated rings. The third-order valence-corrected chi connectivity index (χ3v) is 5.90. The van der Waals surface area contributed by atoms with E-state index in [0.717, 1.165) is 36.5 Å². The van der Waals surface area contributed by atoms with Gasteiger partial charge in [-0.15, -0.1) is 0 Å². The maximum atomic E-state index is 13.2. The number of hydrogen-bond acceptors (Lipinski definition) is 3. The number of hydrogen-bond donors (Lipinski definition) is 0. The molecule has 0 saturated carbocycles. The molecule has 4 heteroatoms. The SMILES string of the molecule is CCCCP(=O)(OCCCC(C)C)Oc1cccc2ccccc12. The Morgan fingerprint density at radius 1 is 1.04 bits per heavy atom. The molecule has 0 aromatic heterocycles. The number of unbranched alkanes of at least 4 members (excludes halogenated alkanes) is 1. The topological polar surface area (TPSA) is 35.5 Å². The third-order valence-electron chi connectivity index (χ3n) is 3.99. The fraction of sp³-hybridized carbons (Fsp3) is 0.500. The average molecular weight is 348 g/mol. The van der Waals surface area contributed by atoms with Crippen molar-refractivity contribution in [1.29, 1.82) is 0 Å². The second-order valence-corrected chi connectivity index (χ2v) is 8.74. The van der Waals surface area contributed by atoms with Crippen LogP contribution in [0.2, 0.25) is 0 Å². The zero-order valence-electron chi connectivity index (χ0n) is 15.0. The zero-order chi connectivity index (χ0) is 17.4. The molecule has 0 radical (unpaired) electrons. The van der Waals surface area contributed by atoms with Crippen LogP contribution in [0.5, 0.6) is 5.75 Å². The number of rotatable bonds is 10. The molecule has 0 aliphatic rings. The first kappa shape index (κ1) is 19.0. The van der Waals surface area contributed by atoms with E-state index in [1.165, 1.54) is 0 Å². The summed E-state index contributed by atoms with van der Waals surface area (Å²) < 4.78 is 24.9. The largest absolute Gasteiger partial charge is 0.424 e. The predicted molar refractivity (Wildman–Crippen MR) is 102 cm³/mol. The molecular weight excluding hydrogens is 319 g/mol. The Hall–Kier alpha value is -1.31. The summed E-state index contributed by atoms with van der Waals surface area (Å²) in [6.07, 6.45) is 4.26. The molecule has 2 aromatic carbocycles. The summed E-state index contributed by atoms with van der Waals surface area (Å²) in [4.78, 5) is 0. The Morgan fingerprint density at radius 3 is 2.54 bits per heavy atom. The van der Waals surface area contributed by atoms with Gasteiger partial charge in [0, 0.05) is 5.39 Å². The highest BCUT2D eigenvalue weighted by molar-refractivity contribution is 7.54. The van der Waals surface area contributed by atoms with Gasteiger partial charge in [0.1, 0.15) is 5.75 Å². The molecule has 0 aliphatic carbocycles. The molecule has 0 heterocycles. The summed E-state index contributed by atoms with van der Waals surface area (Å²) >= 11 is 0. The van der Waals surface area contributed by atoms with Gasteiger partial charge in [-0.2, -0.15) is 0 Å². The minimum absolute atomic E-state index is 0.467. The summed E-state index contributed by atoms with van der Waals surface area (Å²) in [5, 5.41) is 2.05. The van der Waals surface area contributed by atoms with Crippen LogP contribution in [-0.2, 0) is 9.09 Å². The van der Waals surface area contributed by atoms with Crippen LogP contribution >= 0.6 is 7.60 Å². The van der Waals surface area contributed by atoms with Crippen molar-refractivity contribution in [2.45, 2.75) is 46.5 Å². The summed E-state index contributed by atoms with van der Waals surface area (Å²) in [6.45, 7) is 6.94. The first-order valence-electron chi connectivity index (χ1n) is 8.95. The van der Waals surface area contributed by atoms with E-state index in [4.69, 9.17) is 9.05 Å². The molecule has 1 atom stereocenters. The van der Waals surface area contributed by atoms with Gasteiger partial charge in [0.25, 0.3) is 0 Å². The highest BCUT2D eigenvalue weighted by Crippen LogP contribution is 2.50. The summed E-state index contributed by atoms with van der Waals surface area (Å²) in [6, 6.07) is 13.8. The second-order valence-electron chi connectivity index (χ2n) is 6.63. The monoisotopic (exact) mass is 348 g/mol. The van der Waals surface area contributed by atoms with E-state index in [1.54, 1.807) is 0 Å². The van der Waals surface area contributed by atoms with Gasteiger partial charge >= 0.3 is 7.60 Å². The molecule has 132 valence electrons. The van der Waals surface area contributed by atoms with Gasteiger partial charge in [-0.1, -0.05) is 63.6 Å². The maximum Gasteiger partial charge on any atom is 0.379 e. The van der Waals surface area contributed by atoms with Crippen molar-refractivity contribution in [3.05, 3.63) is 42.5 Å². The lowest BCUT2D eigenvalue weighted by molar-refractivity contribution is 0.253. The maximum absolute atomic E-state index is 13.2. The van der Waals surface area contributed by atoms with E-state index in [9.17, 15) is 4.57 Å². The number of fused-ring (bicyclic) bond motifs is 1. The lowest BCUT2D eigenvalue weighted by Gasteiger charge is -2.20. The van der Waals surface area contributed by atoms with Crippen LogP contribution in [0, 0.1) is 5.92 Å². The quantitative estimate of drug-likeness (QED) is 0.355. The van der Waals surface area contributed by atoms with Crippen molar-refractivity contribution >= 4 is 18.4 Å². The fourth-order valence-corrected chi connectivity index (χ4v) is 4.45. The van der Waals surface area contributed by atoms with Gasteiger partial charge < -0.3 is 4.52 Å². The van der Waals surface area contributed by atoms with E-state index in [0.29, 0.717) is 24.4 Å². The Balaban J connectivity index is 2.13. The van der Waals surface area contributed by atoms with Crippen LogP contribution in [0.25, 0.3) is 10.8 Å². The molecule has 2 rings (SSSR count). The predicted octanol–water partition coefficient (Wildman–Crippen LogP) is 6.66. The van der Waals surface area contributed by atoms with Crippen molar-refractivity contribution in [3.63, 3.8) is 0 Å². The van der Waals surface area contributed by atoms with Crippen molar-refractivity contribution in [2.75, 3.05) is 12.8 Å². The summed E-state index contributed by atoms with van der Waals surface area (Å²) in [7, 11) is -3.12. The molecule has 3 nitrogen and oxygen atoms in total. The second kappa shape index (κ2) is 9.25. The minimum Gasteiger partial charge on any atom is -0.424 e. The summed E-state index contributed by atoms with van der Waals surface area (Å²) in [5.41, 5.74) is 0. The van der Waals surface area contributed by atoms with E-state index >= 15 is 0 Å². The third kappa shape index (κ3) is 5.65. The van der Waals surface area contributed by atoms with Gasteiger partial charge in [0.05, 0.1) is 12.8 Å². The molecule has 0 aliphatic heterocycles. The van der Waals surface area contributed by atoms with E-state index < -0.39 is 7.60 Å². The molecular formula is C20H29O3P. The molecule has 2 aromatic rings. The van der Waals surface area contributed by atoms with E-state index in [1.807, 2.05) is 42.5 Å². The standard InChI is InChI=1S/C20H29O3P/c1-4-5-16-24(21,22-15-9-10-17(2)3)23-20-14-8-12-18-11-6-7-13-19(18)20/h6-8,11-14,17H,4-5,9-10,15-16H2,1-3H3. The van der Waals surface area contributed by atoms with Crippen molar-refractivity contribution in [2.24, 2.45) is 5.92 Å². The van der Waals surface area contributed by atoms with Gasteiger partial charge in [0.2, 0.25) is 0 Å². The van der Waals surface area contributed by atoms with Crippen molar-refractivity contribution in [1.82, 2.24) is 0 Å². The first-order valence-corrected chi connectivity index (χ1v) is 10.7. The van der Waals surface area contributed by atoms with Crippen LogP contribution in [-0.4, -0.2) is 12.8 Å². The van der Waals surface area contributed by atoms with Crippen molar-refractivity contribution in [3.8, 4) is 5.75 Å². The molecule has 0 N–H and O–H groups in total. The van der Waals surface area contributed by atoms with Crippen LogP contribution in [0.15, 0.2) is 42.5 Å². The van der Waals surface area contributed by atoms with Crippen LogP contribution in [0.1, 0.15) is 46.5 Å². The van der Waals surface area contributed by atoms with Gasteiger partial charge in [-0.05, 0) is 36.6 Å². The smallest absolute Gasteiger partial charge is 0.379 e. The number of benzene rings is 2. The highest BCUT2D eigenvalue weighted by Gasteiger charge is 2.26. The first-order chi connectivity index (χ1) is 11.5. The minimum atomic E-state index is -3.12. The van der Waals surface area contributed by atoms with Gasteiger partial charge in [-0.25, -0.2) is 4.57 Å². The zero-order valence-corrected chi connectivity index (χ0v) is 15.9. The molecule has 0 bridgehead atoms. The van der Waals surface area contributed by atoms with Crippen LogP contribution in [0.4, 0.5) is 0 Å². The lowest BCUT2D eigenvalue weighted by Crippen LogP contribution is -2.05. The molecule has 0 saturated heterocycles. The van der Waals surface area contributed by atoms with E-state index in [-0.39, 0.29) is 0 Å². The van der Waals surface area contributed by atoms with Gasteiger partial charge in [0.15, 0.2) is 0 Å².